The molecule has 0 aliphatic heterocycles. The van der Waals surface area contributed by atoms with Crippen molar-refractivity contribution in [3.63, 3.8) is 0 Å². The summed E-state index contributed by atoms with van der Waals surface area (Å²) in [5.74, 6) is 3.72. The topological polar surface area (TPSA) is 129 Å². The summed E-state index contributed by atoms with van der Waals surface area (Å²) in [5, 5.41) is 26.4. The van der Waals surface area contributed by atoms with E-state index >= 15 is 0 Å². The summed E-state index contributed by atoms with van der Waals surface area (Å²) in [5.41, 5.74) is 7.59. The molecule has 6 nitrogen and oxygen atoms in total. The highest BCUT2D eigenvalue weighted by Crippen LogP contribution is 2.14. The molecule has 0 aliphatic carbocycles. The van der Waals surface area contributed by atoms with Gasteiger partial charge in [-0.2, -0.15) is 5.26 Å². The monoisotopic (exact) mass is 364 g/mol. The molecule has 0 saturated heterocycles. The zero-order valence-corrected chi connectivity index (χ0v) is 15.1. The number of hydrogen-bond donors (Lipinski definition) is 4. The summed E-state index contributed by atoms with van der Waals surface area (Å²) in [6.45, 7) is 3.79. The number of amidine groups is 1. The zero-order valence-electron chi connectivity index (χ0n) is 14.3. The zero-order chi connectivity index (χ0) is 18.4. The van der Waals surface area contributed by atoms with Gasteiger partial charge in [-0.15, -0.1) is 12.4 Å². The molecule has 0 radical (unpaired) electrons. The third-order valence-electron chi connectivity index (χ3n) is 3.35. The Hall–Kier alpha value is -2.59. The fourth-order valence-corrected chi connectivity index (χ4v) is 1.82. The lowest BCUT2D eigenvalue weighted by molar-refractivity contribution is 0.311. The van der Waals surface area contributed by atoms with Crippen molar-refractivity contribution >= 4 is 18.2 Å². The van der Waals surface area contributed by atoms with Gasteiger partial charge in [0.15, 0.2) is 0 Å². The Morgan fingerprint density at radius 2 is 1.36 bits per heavy atom. The smallest absolute Gasteiger partial charge is 0.146 e. The Bertz CT molecular complexity index is 631. The lowest BCUT2D eigenvalue weighted by Gasteiger charge is -2.08. The maximum atomic E-state index is 8.54. The molecule has 0 aromatic heterocycles. The fourth-order valence-electron chi connectivity index (χ4n) is 1.82. The van der Waals surface area contributed by atoms with E-state index in [2.05, 4.69) is 17.1 Å². The molecule has 7 heteroatoms. The van der Waals surface area contributed by atoms with Crippen LogP contribution in [-0.4, -0.2) is 16.3 Å². The van der Waals surface area contributed by atoms with Gasteiger partial charge in [-0.05, 0) is 18.1 Å². The van der Waals surface area contributed by atoms with E-state index in [1.165, 1.54) is 0 Å². The number of nitriles is 1. The minimum atomic E-state index is -0.0313. The van der Waals surface area contributed by atoms with Crippen molar-refractivity contribution in [2.45, 2.75) is 25.7 Å². The van der Waals surface area contributed by atoms with Crippen molar-refractivity contribution in [1.82, 2.24) is 0 Å². The second kappa shape index (κ2) is 15.0. The van der Waals surface area contributed by atoms with E-state index in [0.717, 1.165) is 11.1 Å². The molecule has 25 heavy (non-hydrogen) atoms. The minimum Gasteiger partial charge on any atom is -0.409 e. The van der Waals surface area contributed by atoms with Crippen LogP contribution in [0.5, 0.6) is 0 Å². The Kier molecular flexibility index (Phi) is 14.8. The first-order chi connectivity index (χ1) is 11.6. The highest BCUT2D eigenvalue weighted by Gasteiger charge is 2.08. The highest BCUT2D eigenvalue weighted by molar-refractivity contribution is 5.86. The molecule has 2 unspecified atom stereocenters. The third-order valence-corrected chi connectivity index (χ3v) is 3.35. The second-order valence-corrected chi connectivity index (χ2v) is 4.92. The van der Waals surface area contributed by atoms with Crippen molar-refractivity contribution in [1.29, 1.82) is 5.26 Å². The number of oxime groups is 1. The fraction of sp³-hybridized carbons (Fsp3) is 0.222. The van der Waals surface area contributed by atoms with Crippen molar-refractivity contribution in [2.75, 3.05) is 0 Å². The van der Waals surface area contributed by atoms with E-state index in [1.54, 1.807) is 0 Å². The Morgan fingerprint density at radius 3 is 1.72 bits per heavy atom. The van der Waals surface area contributed by atoms with Crippen LogP contribution >= 0.6 is 12.4 Å². The maximum absolute atomic E-state index is 8.54. The summed E-state index contributed by atoms with van der Waals surface area (Å²) in [7, 11) is 0. The summed E-state index contributed by atoms with van der Waals surface area (Å²) in [6, 6.07) is 21.6. The summed E-state index contributed by atoms with van der Waals surface area (Å²) < 4.78 is 0. The standard InChI is InChI=1S/C9H12N2O.C9H9N.ClH.H3NO/c1-7(9(10)11-12)8-5-3-2-4-6-8;1-8(7-10)9-5-3-2-4-6-9;;1-2/h2-7,12H,1H3,(H2,10,11);2-6,8H,1H3;1H;2H,1H2. The van der Waals surface area contributed by atoms with Crippen molar-refractivity contribution < 1.29 is 10.4 Å². The average molecular weight is 365 g/mol. The van der Waals surface area contributed by atoms with Crippen LogP contribution in [-0.2, 0) is 0 Å². The van der Waals surface area contributed by atoms with Crippen LogP contribution in [0.2, 0.25) is 0 Å². The second-order valence-electron chi connectivity index (χ2n) is 4.92. The van der Waals surface area contributed by atoms with Gasteiger partial charge in [0.25, 0.3) is 0 Å². The average Bonchev–Trinajstić information content (AvgIpc) is 2.69. The van der Waals surface area contributed by atoms with Gasteiger partial charge >= 0.3 is 0 Å². The first-order valence-corrected chi connectivity index (χ1v) is 7.32. The van der Waals surface area contributed by atoms with E-state index < -0.39 is 0 Å². The number of nitrogens with zero attached hydrogens (tertiary/aromatic N) is 2. The molecule has 2 aromatic rings. The number of nitrogens with two attached hydrogens (primary N) is 2. The van der Waals surface area contributed by atoms with E-state index in [4.69, 9.17) is 21.4 Å². The maximum Gasteiger partial charge on any atom is 0.146 e. The van der Waals surface area contributed by atoms with Gasteiger partial charge < -0.3 is 16.1 Å². The molecule has 0 aliphatic rings. The van der Waals surface area contributed by atoms with Crippen LogP contribution in [0.4, 0.5) is 0 Å². The van der Waals surface area contributed by atoms with Gasteiger partial charge in [-0.3, -0.25) is 0 Å². The quantitative estimate of drug-likeness (QED) is 0.286. The van der Waals surface area contributed by atoms with E-state index in [9.17, 15) is 0 Å². The largest absolute Gasteiger partial charge is 0.409 e. The lowest BCUT2D eigenvalue weighted by atomic mass is 10.0. The van der Waals surface area contributed by atoms with Gasteiger partial charge in [-0.1, -0.05) is 72.7 Å². The molecule has 0 amide bonds. The van der Waals surface area contributed by atoms with Gasteiger partial charge in [0, 0.05) is 5.92 Å². The molecule has 2 atom stereocenters. The van der Waals surface area contributed by atoms with Gasteiger partial charge in [0.2, 0.25) is 0 Å². The van der Waals surface area contributed by atoms with Crippen LogP contribution in [0.1, 0.15) is 36.8 Å². The Morgan fingerprint density at radius 1 is 0.960 bits per heavy atom. The molecule has 0 bridgehead atoms. The lowest BCUT2D eigenvalue weighted by Crippen LogP contribution is -2.19. The summed E-state index contributed by atoms with van der Waals surface area (Å²) in [4.78, 5) is 0. The molecule has 6 N–H and O–H groups in total. The normalized spacial score (nSPS) is 11.9. The Labute approximate surface area is 154 Å². The van der Waals surface area contributed by atoms with Crippen LogP contribution in [0.25, 0.3) is 0 Å². The molecule has 2 aromatic carbocycles. The van der Waals surface area contributed by atoms with E-state index in [1.807, 2.05) is 74.5 Å². The SMILES string of the molecule is CC(/C(N)=N/O)c1ccccc1.CC(C#N)c1ccccc1.Cl.NO. The van der Waals surface area contributed by atoms with E-state index in [-0.39, 0.29) is 30.1 Å². The molecule has 136 valence electrons. The Balaban J connectivity index is 0. The molecular weight excluding hydrogens is 340 g/mol. The van der Waals surface area contributed by atoms with Crippen molar-refractivity contribution in [2.24, 2.45) is 16.8 Å². The predicted octanol–water partition coefficient (Wildman–Crippen LogP) is 3.61. The van der Waals surface area contributed by atoms with Crippen molar-refractivity contribution in [3.8, 4) is 6.07 Å². The highest BCUT2D eigenvalue weighted by atomic mass is 35.5. The molecule has 2 rings (SSSR count). The number of halogens is 1. The first kappa shape index (κ1) is 24.7. The number of hydrogen-bond acceptors (Lipinski definition) is 5. The van der Waals surface area contributed by atoms with Crippen LogP contribution in [0.3, 0.4) is 0 Å². The number of rotatable bonds is 3. The molecule has 0 heterocycles. The van der Waals surface area contributed by atoms with Crippen LogP contribution in [0.15, 0.2) is 65.8 Å². The number of benzene rings is 2. The molecule has 0 saturated carbocycles. The van der Waals surface area contributed by atoms with Gasteiger partial charge in [0.1, 0.15) is 5.84 Å². The summed E-state index contributed by atoms with van der Waals surface area (Å²) in [6.07, 6.45) is 0. The van der Waals surface area contributed by atoms with Crippen LogP contribution < -0.4 is 11.6 Å². The summed E-state index contributed by atoms with van der Waals surface area (Å²) >= 11 is 0. The van der Waals surface area contributed by atoms with E-state index in [0.29, 0.717) is 0 Å². The molecule has 0 fully saturated rings. The van der Waals surface area contributed by atoms with Gasteiger partial charge in [-0.25, -0.2) is 5.90 Å². The molecule has 0 spiro atoms. The van der Waals surface area contributed by atoms with Crippen molar-refractivity contribution in [3.05, 3.63) is 71.8 Å². The van der Waals surface area contributed by atoms with Crippen LogP contribution in [0, 0.1) is 11.3 Å². The predicted molar refractivity (Wildman–Crippen MR) is 102 cm³/mol. The minimum absolute atomic E-state index is 0. The molecular formula is C18H25ClN4O2. The third kappa shape index (κ3) is 9.33. The first-order valence-electron chi connectivity index (χ1n) is 7.32. The van der Waals surface area contributed by atoms with Gasteiger partial charge in [0.05, 0.1) is 12.0 Å².